The van der Waals surface area contributed by atoms with Gasteiger partial charge in [0.15, 0.2) is 0 Å². The minimum absolute atomic E-state index is 0.0646. The van der Waals surface area contributed by atoms with E-state index < -0.39 is 5.60 Å². The van der Waals surface area contributed by atoms with Crippen molar-refractivity contribution >= 4 is 11.6 Å². The van der Waals surface area contributed by atoms with Gasteiger partial charge in [0.2, 0.25) is 0 Å². The number of methoxy groups -OCH3 is 1. The molecule has 0 bridgehead atoms. The molecule has 2 fully saturated rings. The molecular formula is C23H28N2O4. The minimum atomic E-state index is -0.997. The molecule has 154 valence electrons. The van der Waals surface area contributed by atoms with E-state index >= 15 is 0 Å². The van der Waals surface area contributed by atoms with Crippen molar-refractivity contribution in [2.45, 2.75) is 18.9 Å². The van der Waals surface area contributed by atoms with Gasteiger partial charge in [0.05, 0.1) is 32.6 Å². The number of aryl methyl sites for hydroxylation is 1. The number of aliphatic hydroxyl groups is 1. The molecule has 0 spiro atoms. The van der Waals surface area contributed by atoms with E-state index in [0.717, 1.165) is 35.7 Å². The van der Waals surface area contributed by atoms with E-state index in [9.17, 15) is 9.90 Å². The third-order valence-electron chi connectivity index (χ3n) is 5.90. The molecule has 0 radical (unpaired) electrons. The molecule has 1 N–H and O–H groups in total. The van der Waals surface area contributed by atoms with E-state index in [0.29, 0.717) is 38.3 Å². The van der Waals surface area contributed by atoms with Gasteiger partial charge in [0.1, 0.15) is 11.4 Å². The number of morpholine rings is 1. The summed E-state index contributed by atoms with van der Waals surface area (Å²) < 4.78 is 11.0. The van der Waals surface area contributed by atoms with Gasteiger partial charge in [-0.05, 0) is 37.1 Å². The zero-order chi connectivity index (χ0) is 20.4. The number of ether oxygens (including phenoxy) is 2. The van der Waals surface area contributed by atoms with E-state index in [1.165, 1.54) is 0 Å². The molecule has 2 aromatic carbocycles. The monoisotopic (exact) mass is 396 g/mol. The van der Waals surface area contributed by atoms with Crippen LogP contribution in [0.25, 0.3) is 0 Å². The first-order valence-corrected chi connectivity index (χ1v) is 10.1. The first-order valence-electron chi connectivity index (χ1n) is 10.1. The fourth-order valence-corrected chi connectivity index (χ4v) is 4.12. The number of β-amino-alcohol motifs (C(OH)–C–C–N with tert-alkyl or cyclic N) is 1. The maximum absolute atomic E-state index is 13.2. The van der Waals surface area contributed by atoms with Gasteiger partial charge in [0.25, 0.3) is 5.91 Å². The summed E-state index contributed by atoms with van der Waals surface area (Å²) in [6.45, 7) is 5.72. The predicted octanol–water partition coefficient (Wildman–Crippen LogP) is 2.57. The Balaban J connectivity index is 1.54. The number of likely N-dealkylation sites (tertiary alicyclic amines) is 1. The lowest BCUT2D eigenvalue weighted by atomic mass is 9.92. The summed E-state index contributed by atoms with van der Waals surface area (Å²) in [4.78, 5) is 17.1. The number of anilines is 1. The number of amides is 1. The Labute approximate surface area is 171 Å². The average Bonchev–Trinajstić information content (AvgIpc) is 3.17. The fraction of sp³-hybridized carbons (Fsp3) is 0.435. The zero-order valence-corrected chi connectivity index (χ0v) is 17.1. The van der Waals surface area contributed by atoms with Gasteiger partial charge in [-0.15, -0.1) is 0 Å². The molecule has 2 saturated heterocycles. The fourth-order valence-electron chi connectivity index (χ4n) is 4.12. The van der Waals surface area contributed by atoms with Crippen LogP contribution in [0.15, 0.2) is 42.5 Å². The smallest absolute Gasteiger partial charge is 0.254 e. The molecule has 1 amide bonds. The Kier molecular flexibility index (Phi) is 5.48. The Morgan fingerprint density at radius 3 is 2.52 bits per heavy atom. The van der Waals surface area contributed by atoms with Crippen LogP contribution in [-0.4, -0.2) is 62.4 Å². The van der Waals surface area contributed by atoms with Crippen molar-refractivity contribution in [1.29, 1.82) is 0 Å². The summed E-state index contributed by atoms with van der Waals surface area (Å²) in [5.41, 5.74) is 2.54. The highest BCUT2D eigenvalue weighted by molar-refractivity contribution is 5.96. The summed E-state index contributed by atoms with van der Waals surface area (Å²) in [5.74, 6) is 0.686. The van der Waals surface area contributed by atoms with E-state index in [-0.39, 0.29) is 5.91 Å². The molecule has 6 nitrogen and oxygen atoms in total. The van der Waals surface area contributed by atoms with Crippen LogP contribution in [0.5, 0.6) is 5.75 Å². The number of rotatable bonds is 4. The topological polar surface area (TPSA) is 62.2 Å². The van der Waals surface area contributed by atoms with Gasteiger partial charge in [-0.25, -0.2) is 0 Å². The van der Waals surface area contributed by atoms with Gasteiger partial charge in [-0.3, -0.25) is 4.79 Å². The largest absolute Gasteiger partial charge is 0.495 e. The van der Waals surface area contributed by atoms with Crippen molar-refractivity contribution in [1.82, 2.24) is 4.90 Å². The third-order valence-corrected chi connectivity index (χ3v) is 5.90. The van der Waals surface area contributed by atoms with Crippen LogP contribution in [-0.2, 0) is 10.3 Å². The van der Waals surface area contributed by atoms with Crippen molar-refractivity contribution < 1.29 is 19.4 Å². The van der Waals surface area contributed by atoms with E-state index in [1.807, 2.05) is 43.3 Å². The van der Waals surface area contributed by atoms with E-state index in [1.54, 1.807) is 18.1 Å². The molecule has 2 aromatic rings. The lowest BCUT2D eigenvalue weighted by Crippen LogP contribution is -2.37. The highest BCUT2D eigenvalue weighted by Crippen LogP contribution is 2.34. The molecule has 6 heteroatoms. The summed E-state index contributed by atoms with van der Waals surface area (Å²) >= 11 is 0. The summed E-state index contributed by atoms with van der Waals surface area (Å²) in [5, 5.41) is 11.1. The Bertz CT molecular complexity index is 877. The maximum Gasteiger partial charge on any atom is 0.254 e. The molecule has 4 rings (SSSR count). The van der Waals surface area contributed by atoms with Gasteiger partial charge in [0, 0.05) is 25.2 Å². The molecule has 2 aliphatic heterocycles. The number of carbonyl (C=O) groups is 1. The van der Waals surface area contributed by atoms with Crippen LogP contribution in [0.3, 0.4) is 0 Å². The molecule has 0 aromatic heterocycles. The molecule has 2 aliphatic rings. The van der Waals surface area contributed by atoms with Gasteiger partial charge in [-0.1, -0.05) is 29.8 Å². The first kappa shape index (κ1) is 19.7. The Hall–Kier alpha value is -2.57. The highest BCUT2D eigenvalue weighted by Gasteiger charge is 2.40. The van der Waals surface area contributed by atoms with Crippen LogP contribution < -0.4 is 9.64 Å². The Morgan fingerprint density at radius 2 is 1.83 bits per heavy atom. The Morgan fingerprint density at radius 1 is 1.10 bits per heavy atom. The molecule has 0 aliphatic carbocycles. The van der Waals surface area contributed by atoms with Crippen LogP contribution >= 0.6 is 0 Å². The molecule has 0 saturated carbocycles. The van der Waals surface area contributed by atoms with Crippen LogP contribution in [0.1, 0.15) is 27.9 Å². The van der Waals surface area contributed by atoms with Crippen LogP contribution in [0.4, 0.5) is 5.69 Å². The third kappa shape index (κ3) is 3.95. The van der Waals surface area contributed by atoms with Crippen molar-refractivity contribution in [3.05, 3.63) is 59.2 Å². The molecule has 0 unspecified atom stereocenters. The number of nitrogens with zero attached hydrogens (tertiary/aromatic N) is 2. The number of carbonyl (C=O) groups excluding carboxylic acids is 1. The van der Waals surface area contributed by atoms with Crippen molar-refractivity contribution in [2.24, 2.45) is 0 Å². The summed E-state index contributed by atoms with van der Waals surface area (Å²) in [7, 11) is 1.64. The maximum atomic E-state index is 13.2. The quantitative estimate of drug-likeness (QED) is 0.861. The van der Waals surface area contributed by atoms with Crippen LogP contribution in [0, 0.1) is 6.92 Å². The number of hydrogen-bond donors (Lipinski definition) is 1. The minimum Gasteiger partial charge on any atom is -0.495 e. The van der Waals surface area contributed by atoms with E-state index in [2.05, 4.69) is 4.90 Å². The second-order valence-electron chi connectivity index (χ2n) is 7.86. The predicted molar refractivity (Wildman–Crippen MR) is 112 cm³/mol. The molecule has 2 heterocycles. The lowest BCUT2D eigenvalue weighted by molar-refractivity contribution is 0.0417. The summed E-state index contributed by atoms with van der Waals surface area (Å²) in [6.07, 6.45) is 0.536. The molecular weight excluding hydrogens is 368 g/mol. The average molecular weight is 396 g/mol. The van der Waals surface area contributed by atoms with E-state index in [4.69, 9.17) is 9.47 Å². The first-order chi connectivity index (χ1) is 14.0. The number of benzene rings is 2. The van der Waals surface area contributed by atoms with Gasteiger partial charge < -0.3 is 24.4 Å². The van der Waals surface area contributed by atoms with Crippen LogP contribution in [0.2, 0.25) is 0 Å². The van der Waals surface area contributed by atoms with Crippen molar-refractivity contribution in [3.63, 3.8) is 0 Å². The highest BCUT2D eigenvalue weighted by atomic mass is 16.5. The molecule has 1 atom stereocenters. The SMILES string of the molecule is COc1ccc(C(=O)N2CC[C@@](O)(c3ccc(C)cc3)C2)cc1N1CCOCC1. The number of hydrogen-bond acceptors (Lipinski definition) is 5. The second kappa shape index (κ2) is 8.05. The normalized spacial score (nSPS) is 22.0. The lowest BCUT2D eigenvalue weighted by Gasteiger charge is -2.30. The summed E-state index contributed by atoms with van der Waals surface area (Å²) in [6, 6.07) is 13.4. The zero-order valence-electron chi connectivity index (χ0n) is 17.1. The van der Waals surface area contributed by atoms with Crippen molar-refractivity contribution in [2.75, 3.05) is 51.4 Å². The van der Waals surface area contributed by atoms with Gasteiger partial charge >= 0.3 is 0 Å². The molecule has 29 heavy (non-hydrogen) atoms. The van der Waals surface area contributed by atoms with Crippen molar-refractivity contribution in [3.8, 4) is 5.75 Å². The van der Waals surface area contributed by atoms with Gasteiger partial charge in [-0.2, -0.15) is 0 Å². The standard InChI is InChI=1S/C23H28N2O4/c1-17-3-6-19(7-4-17)23(27)9-10-25(16-23)22(26)18-5-8-21(28-2)20(15-18)24-11-13-29-14-12-24/h3-8,15,27H,9-14,16H2,1-2H3/t23-/m0/s1. The second-order valence-corrected chi connectivity index (χ2v) is 7.86.